The number of hydrogen-bond acceptors (Lipinski definition) is 2. The van der Waals surface area contributed by atoms with Gasteiger partial charge < -0.3 is 5.11 Å². The maximum Gasteiger partial charge on any atom is 0.0947 e. The highest BCUT2D eigenvalue weighted by Crippen LogP contribution is 2.29. The Bertz CT molecular complexity index is 376. The summed E-state index contributed by atoms with van der Waals surface area (Å²) in [5.74, 6) is 0.422. The quantitative estimate of drug-likeness (QED) is 0.716. The topological polar surface area (TPSA) is 23.5 Å². The third-order valence-electron chi connectivity index (χ3n) is 4.46. The fourth-order valence-electron chi connectivity index (χ4n) is 3.01. The van der Waals surface area contributed by atoms with Crippen molar-refractivity contribution >= 4 is 0 Å². The van der Waals surface area contributed by atoms with Crippen molar-refractivity contribution < 1.29 is 5.11 Å². The van der Waals surface area contributed by atoms with Gasteiger partial charge in [0.2, 0.25) is 0 Å². The highest BCUT2D eigenvalue weighted by atomic mass is 16.3. The van der Waals surface area contributed by atoms with E-state index in [-0.39, 0.29) is 6.04 Å². The highest BCUT2D eigenvalue weighted by Gasteiger charge is 2.31. The summed E-state index contributed by atoms with van der Waals surface area (Å²) in [4.78, 5) is 2.52. The van der Waals surface area contributed by atoms with E-state index in [0.29, 0.717) is 12.0 Å². The van der Waals surface area contributed by atoms with Crippen molar-refractivity contribution in [1.82, 2.24) is 4.90 Å². The van der Waals surface area contributed by atoms with E-state index in [4.69, 9.17) is 0 Å². The smallest absolute Gasteiger partial charge is 0.0947 e. The van der Waals surface area contributed by atoms with Crippen molar-refractivity contribution in [2.45, 2.75) is 72.1 Å². The zero-order valence-corrected chi connectivity index (χ0v) is 14.4. The first-order valence-electron chi connectivity index (χ1n) is 8.51. The summed E-state index contributed by atoms with van der Waals surface area (Å²) in [6, 6.07) is 10.8. The lowest BCUT2D eigenvalue weighted by Crippen LogP contribution is -2.48. The van der Waals surface area contributed by atoms with Crippen LogP contribution < -0.4 is 0 Å². The molecule has 2 heteroatoms. The van der Waals surface area contributed by atoms with Crippen LogP contribution in [0.25, 0.3) is 0 Å². The number of aliphatic hydroxyl groups excluding tert-OH is 1. The van der Waals surface area contributed by atoms with Crippen molar-refractivity contribution in [3.63, 3.8) is 0 Å². The second kappa shape index (κ2) is 9.22. The van der Waals surface area contributed by atoms with Crippen LogP contribution in [0.2, 0.25) is 0 Å². The summed E-state index contributed by atoms with van der Waals surface area (Å²) in [6.45, 7) is 12.2. The Kier molecular flexibility index (Phi) is 7.98. The molecule has 0 aliphatic rings. The molecule has 0 fully saturated rings. The molecule has 0 aromatic heterocycles. The maximum atomic E-state index is 10.9. The predicted octanol–water partition coefficient (Wildman–Crippen LogP) is 4.65. The standard InChI is InChI=1S/C19H33NO/c1-6-8-14-20(16(5)7-2)18(15(3)4)19(21)17-12-10-9-11-13-17/h9-13,15-16,18-19,21H,6-8,14H2,1-5H3. The molecule has 0 saturated heterocycles. The summed E-state index contributed by atoms with van der Waals surface area (Å²) in [6.07, 6.45) is 3.08. The van der Waals surface area contributed by atoms with Crippen molar-refractivity contribution in [2.75, 3.05) is 6.54 Å². The van der Waals surface area contributed by atoms with Crippen molar-refractivity contribution in [3.05, 3.63) is 35.9 Å². The molecule has 3 unspecified atom stereocenters. The van der Waals surface area contributed by atoms with Crippen LogP contribution in [0.15, 0.2) is 30.3 Å². The molecular formula is C19H33NO. The van der Waals surface area contributed by atoms with Gasteiger partial charge in [0.25, 0.3) is 0 Å². The lowest BCUT2D eigenvalue weighted by molar-refractivity contribution is 0.000319. The first-order chi connectivity index (χ1) is 10.0. The molecule has 0 radical (unpaired) electrons. The van der Waals surface area contributed by atoms with Crippen LogP contribution in [0.4, 0.5) is 0 Å². The number of benzene rings is 1. The van der Waals surface area contributed by atoms with Gasteiger partial charge in [-0.05, 0) is 37.8 Å². The Labute approximate surface area is 131 Å². The third kappa shape index (κ3) is 5.12. The normalized spacial score (nSPS) is 16.2. The van der Waals surface area contributed by atoms with E-state index in [1.165, 1.54) is 12.8 Å². The molecule has 0 bridgehead atoms. The average molecular weight is 291 g/mol. The number of hydrogen-bond donors (Lipinski definition) is 1. The molecule has 2 nitrogen and oxygen atoms in total. The van der Waals surface area contributed by atoms with Crippen LogP contribution in [-0.2, 0) is 0 Å². The van der Waals surface area contributed by atoms with Gasteiger partial charge in [-0.1, -0.05) is 64.4 Å². The molecule has 1 aromatic rings. The second-order valence-electron chi connectivity index (χ2n) is 6.44. The second-order valence-corrected chi connectivity index (χ2v) is 6.44. The molecule has 1 aromatic carbocycles. The van der Waals surface area contributed by atoms with E-state index in [9.17, 15) is 5.11 Å². The molecule has 3 atom stereocenters. The van der Waals surface area contributed by atoms with Gasteiger partial charge in [0, 0.05) is 12.1 Å². The molecule has 0 saturated carbocycles. The Morgan fingerprint density at radius 1 is 1.05 bits per heavy atom. The Morgan fingerprint density at radius 2 is 1.67 bits per heavy atom. The average Bonchev–Trinajstić information content (AvgIpc) is 2.50. The fraction of sp³-hybridized carbons (Fsp3) is 0.684. The summed E-state index contributed by atoms with van der Waals surface area (Å²) >= 11 is 0. The first kappa shape index (κ1) is 18.2. The Morgan fingerprint density at radius 3 is 2.14 bits per heavy atom. The largest absolute Gasteiger partial charge is 0.387 e. The van der Waals surface area contributed by atoms with Crippen LogP contribution in [-0.4, -0.2) is 28.6 Å². The van der Waals surface area contributed by atoms with Gasteiger partial charge in [-0.3, -0.25) is 4.90 Å². The zero-order valence-electron chi connectivity index (χ0n) is 14.4. The van der Waals surface area contributed by atoms with E-state index in [0.717, 1.165) is 18.5 Å². The van der Waals surface area contributed by atoms with Crippen LogP contribution in [0.5, 0.6) is 0 Å². The number of aliphatic hydroxyl groups is 1. The van der Waals surface area contributed by atoms with Crippen molar-refractivity contribution in [1.29, 1.82) is 0 Å². The lowest BCUT2D eigenvalue weighted by Gasteiger charge is -2.41. The van der Waals surface area contributed by atoms with Gasteiger partial charge in [0.05, 0.1) is 6.10 Å². The Balaban J connectivity index is 3.00. The van der Waals surface area contributed by atoms with Gasteiger partial charge in [-0.25, -0.2) is 0 Å². The SMILES string of the molecule is CCCCN(C(C)CC)C(C(C)C)C(O)c1ccccc1. The molecule has 0 aliphatic heterocycles. The van der Waals surface area contributed by atoms with Gasteiger partial charge in [0.15, 0.2) is 0 Å². The molecule has 1 N–H and O–H groups in total. The van der Waals surface area contributed by atoms with Crippen molar-refractivity contribution in [3.8, 4) is 0 Å². The molecule has 0 heterocycles. The number of unbranched alkanes of at least 4 members (excludes halogenated alkanes) is 1. The third-order valence-corrected chi connectivity index (χ3v) is 4.46. The fourth-order valence-corrected chi connectivity index (χ4v) is 3.01. The van der Waals surface area contributed by atoms with E-state index < -0.39 is 6.10 Å². The minimum absolute atomic E-state index is 0.175. The zero-order chi connectivity index (χ0) is 15.8. The van der Waals surface area contributed by atoms with E-state index in [1.54, 1.807) is 0 Å². The summed E-state index contributed by atoms with van der Waals surface area (Å²) in [5, 5.41) is 10.9. The Hall–Kier alpha value is -0.860. The molecule has 0 aliphatic carbocycles. The van der Waals surface area contributed by atoms with Crippen LogP contribution in [0, 0.1) is 5.92 Å². The van der Waals surface area contributed by atoms with Gasteiger partial charge >= 0.3 is 0 Å². The first-order valence-corrected chi connectivity index (χ1v) is 8.51. The highest BCUT2D eigenvalue weighted by molar-refractivity contribution is 5.19. The number of nitrogens with zero attached hydrogens (tertiary/aromatic N) is 1. The van der Waals surface area contributed by atoms with Gasteiger partial charge in [-0.2, -0.15) is 0 Å². The van der Waals surface area contributed by atoms with Crippen LogP contribution in [0.3, 0.4) is 0 Å². The summed E-state index contributed by atoms with van der Waals surface area (Å²) < 4.78 is 0. The van der Waals surface area contributed by atoms with Gasteiger partial charge in [0.1, 0.15) is 0 Å². The minimum Gasteiger partial charge on any atom is -0.387 e. The summed E-state index contributed by atoms with van der Waals surface area (Å²) in [5.41, 5.74) is 1.03. The molecular weight excluding hydrogens is 258 g/mol. The number of rotatable bonds is 9. The maximum absolute atomic E-state index is 10.9. The minimum atomic E-state index is -0.419. The molecule has 1 rings (SSSR count). The molecule has 120 valence electrons. The van der Waals surface area contributed by atoms with E-state index >= 15 is 0 Å². The van der Waals surface area contributed by atoms with E-state index in [1.807, 2.05) is 30.3 Å². The van der Waals surface area contributed by atoms with Crippen LogP contribution >= 0.6 is 0 Å². The van der Waals surface area contributed by atoms with E-state index in [2.05, 4.69) is 39.5 Å². The lowest BCUT2D eigenvalue weighted by atomic mass is 9.90. The monoisotopic (exact) mass is 291 g/mol. The summed E-state index contributed by atoms with van der Waals surface area (Å²) in [7, 11) is 0. The van der Waals surface area contributed by atoms with Crippen LogP contribution in [0.1, 0.15) is 65.5 Å². The molecule has 0 spiro atoms. The molecule has 0 amide bonds. The van der Waals surface area contributed by atoms with Gasteiger partial charge in [-0.15, -0.1) is 0 Å². The molecule has 21 heavy (non-hydrogen) atoms. The van der Waals surface area contributed by atoms with Crippen molar-refractivity contribution in [2.24, 2.45) is 5.92 Å². The predicted molar refractivity (Wildman–Crippen MR) is 91.4 cm³/mol.